The maximum absolute atomic E-state index is 12.4. The summed E-state index contributed by atoms with van der Waals surface area (Å²) >= 11 is 6.09. The molecule has 0 aliphatic carbocycles. The standard InChI is InChI=1S/C19H19ClN2O2/c1-13-2-5-16(12-18(13)20)21-19(24)22-10-8-15(9-11-22)14-3-6-17(23)7-4-14/h2-8,12,23H,9-11H2,1H3,(H,21,24). The van der Waals surface area contributed by atoms with Gasteiger partial charge in [-0.25, -0.2) is 4.79 Å². The summed E-state index contributed by atoms with van der Waals surface area (Å²) in [5, 5.41) is 12.9. The van der Waals surface area contributed by atoms with Gasteiger partial charge in [-0.05, 0) is 54.3 Å². The number of carbonyl (C=O) groups excluding carboxylic acids is 1. The lowest BCUT2D eigenvalue weighted by molar-refractivity contribution is 0.217. The molecule has 1 heterocycles. The number of hydrogen-bond donors (Lipinski definition) is 2. The summed E-state index contributed by atoms with van der Waals surface area (Å²) in [5.74, 6) is 0.257. The number of phenolic OH excluding ortho intramolecular Hbond substituents is 1. The minimum absolute atomic E-state index is 0.129. The summed E-state index contributed by atoms with van der Waals surface area (Å²) in [6.07, 6.45) is 2.84. The molecule has 24 heavy (non-hydrogen) atoms. The number of urea groups is 1. The molecule has 0 saturated heterocycles. The van der Waals surface area contributed by atoms with Crippen LogP contribution in [0.3, 0.4) is 0 Å². The van der Waals surface area contributed by atoms with Crippen LogP contribution in [0.15, 0.2) is 48.5 Å². The minimum atomic E-state index is -0.129. The molecular formula is C19H19ClN2O2. The van der Waals surface area contributed by atoms with Gasteiger partial charge in [0.15, 0.2) is 0 Å². The summed E-state index contributed by atoms with van der Waals surface area (Å²) in [6.45, 7) is 3.13. The van der Waals surface area contributed by atoms with Crippen LogP contribution in [0.4, 0.5) is 10.5 Å². The van der Waals surface area contributed by atoms with Crippen LogP contribution in [-0.4, -0.2) is 29.1 Å². The number of amides is 2. The van der Waals surface area contributed by atoms with Gasteiger partial charge in [-0.15, -0.1) is 0 Å². The first-order valence-electron chi connectivity index (χ1n) is 7.83. The number of anilines is 1. The molecule has 0 spiro atoms. The molecule has 4 nitrogen and oxygen atoms in total. The van der Waals surface area contributed by atoms with Crippen LogP contribution in [0.5, 0.6) is 5.75 Å². The number of aromatic hydroxyl groups is 1. The molecule has 0 fully saturated rings. The zero-order chi connectivity index (χ0) is 17.1. The van der Waals surface area contributed by atoms with Crippen molar-refractivity contribution in [1.82, 2.24) is 4.90 Å². The monoisotopic (exact) mass is 342 g/mol. The highest BCUT2D eigenvalue weighted by Gasteiger charge is 2.18. The molecule has 0 radical (unpaired) electrons. The normalized spacial score (nSPS) is 14.2. The molecule has 2 amide bonds. The van der Waals surface area contributed by atoms with E-state index in [1.54, 1.807) is 23.1 Å². The van der Waals surface area contributed by atoms with Gasteiger partial charge in [0.25, 0.3) is 0 Å². The Bertz CT molecular complexity index is 784. The number of nitrogens with one attached hydrogen (secondary N) is 1. The first-order valence-corrected chi connectivity index (χ1v) is 8.21. The van der Waals surface area contributed by atoms with Crippen molar-refractivity contribution in [2.75, 3.05) is 18.4 Å². The molecule has 2 aromatic carbocycles. The number of halogens is 1. The SMILES string of the molecule is Cc1ccc(NC(=O)N2CC=C(c3ccc(O)cc3)CC2)cc1Cl. The van der Waals surface area contributed by atoms with Gasteiger partial charge < -0.3 is 15.3 Å². The second-order valence-electron chi connectivity index (χ2n) is 5.87. The Labute approximate surface area is 146 Å². The van der Waals surface area contributed by atoms with E-state index in [1.807, 2.05) is 31.2 Å². The number of rotatable bonds is 2. The van der Waals surface area contributed by atoms with Crippen LogP contribution in [0.1, 0.15) is 17.5 Å². The van der Waals surface area contributed by atoms with Crippen molar-refractivity contribution in [1.29, 1.82) is 0 Å². The number of phenols is 1. The van der Waals surface area contributed by atoms with Gasteiger partial charge in [0, 0.05) is 23.8 Å². The van der Waals surface area contributed by atoms with Gasteiger partial charge in [-0.1, -0.05) is 35.9 Å². The zero-order valence-corrected chi connectivity index (χ0v) is 14.2. The van der Waals surface area contributed by atoms with Crippen LogP contribution >= 0.6 is 11.6 Å². The number of hydrogen-bond acceptors (Lipinski definition) is 2. The van der Waals surface area contributed by atoms with Crippen molar-refractivity contribution in [2.45, 2.75) is 13.3 Å². The molecule has 0 unspecified atom stereocenters. The van der Waals surface area contributed by atoms with E-state index in [9.17, 15) is 9.90 Å². The number of nitrogens with zero attached hydrogens (tertiary/aromatic N) is 1. The van der Waals surface area contributed by atoms with Gasteiger partial charge in [-0.2, -0.15) is 0 Å². The third-order valence-corrected chi connectivity index (χ3v) is 4.56. The zero-order valence-electron chi connectivity index (χ0n) is 13.4. The maximum Gasteiger partial charge on any atom is 0.322 e. The Morgan fingerprint density at radius 2 is 1.96 bits per heavy atom. The molecule has 3 rings (SSSR count). The lowest BCUT2D eigenvalue weighted by atomic mass is 9.99. The average molecular weight is 343 g/mol. The number of benzene rings is 2. The Balaban J connectivity index is 1.63. The second-order valence-corrected chi connectivity index (χ2v) is 6.27. The average Bonchev–Trinajstić information content (AvgIpc) is 2.59. The van der Waals surface area contributed by atoms with E-state index in [1.165, 1.54) is 5.57 Å². The van der Waals surface area contributed by atoms with E-state index >= 15 is 0 Å². The van der Waals surface area contributed by atoms with Crippen LogP contribution in [0, 0.1) is 6.92 Å². The highest BCUT2D eigenvalue weighted by atomic mass is 35.5. The van der Waals surface area contributed by atoms with Gasteiger partial charge in [0.1, 0.15) is 5.75 Å². The molecule has 0 atom stereocenters. The summed E-state index contributed by atoms with van der Waals surface area (Å²) < 4.78 is 0. The van der Waals surface area contributed by atoms with Crippen molar-refractivity contribution >= 4 is 28.9 Å². The van der Waals surface area contributed by atoms with Gasteiger partial charge in [0.05, 0.1) is 0 Å². The molecule has 124 valence electrons. The van der Waals surface area contributed by atoms with Crippen LogP contribution in [0.25, 0.3) is 5.57 Å². The van der Waals surface area contributed by atoms with E-state index in [2.05, 4.69) is 11.4 Å². The third kappa shape index (κ3) is 3.71. The van der Waals surface area contributed by atoms with E-state index in [-0.39, 0.29) is 11.8 Å². The van der Waals surface area contributed by atoms with E-state index in [0.29, 0.717) is 23.8 Å². The fourth-order valence-electron chi connectivity index (χ4n) is 2.66. The summed E-state index contributed by atoms with van der Waals surface area (Å²) in [6, 6.07) is 12.5. The fraction of sp³-hybridized carbons (Fsp3) is 0.211. The lowest BCUT2D eigenvalue weighted by Gasteiger charge is -2.27. The topological polar surface area (TPSA) is 52.6 Å². The van der Waals surface area contributed by atoms with E-state index in [0.717, 1.165) is 17.5 Å². The predicted octanol–water partition coefficient (Wildman–Crippen LogP) is 4.68. The molecule has 2 aromatic rings. The van der Waals surface area contributed by atoms with Crippen LogP contribution in [0.2, 0.25) is 5.02 Å². The van der Waals surface area contributed by atoms with Crippen LogP contribution in [-0.2, 0) is 0 Å². The smallest absolute Gasteiger partial charge is 0.322 e. The van der Waals surface area contributed by atoms with Crippen molar-refractivity contribution in [3.63, 3.8) is 0 Å². The van der Waals surface area contributed by atoms with Crippen LogP contribution < -0.4 is 5.32 Å². The predicted molar refractivity (Wildman–Crippen MR) is 97.5 cm³/mol. The summed E-state index contributed by atoms with van der Waals surface area (Å²) in [5.41, 5.74) is 3.95. The molecule has 1 aliphatic rings. The lowest BCUT2D eigenvalue weighted by Crippen LogP contribution is -2.37. The summed E-state index contributed by atoms with van der Waals surface area (Å²) in [7, 11) is 0. The molecule has 2 N–H and O–H groups in total. The Morgan fingerprint density at radius 1 is 1.21 bits per heavy atom. The Hall–Kier alpha value is -2.46. The third-order valence-electron chi connectivity index (χ3n) is 4.16. The first-order chi connectivity index (χ1) is 11.5. The molecule has 0 bridgehead atoms. The van der Waals surface area contributed by atoms with E-state index in [4.69, 9.17) is 11.6 Å². The minimum Gasteiger partial charge on any atom is -0.508 e. The van der Waals surface area contributed by atoms with Crippen molar-refractivity contribution in [3.05, 3.63) is 64.7 Å². The van der Waals surface area contributed by atoms with Crippen molar-refractivity contribution in [3.8, 4) is 5.75 Å². The molecule has 1 aliphatic heterocycles. The van der Waals surface area contributed by atoms with Gasteiger partial charge in [-0.3, -0.25) is 0 Å². The maximum atomic E-state index is 12.4. The van der Waals surface area contributed by atoms with Gasteiger partial charge >= 0.3 is 6.03 Å². The first kappa shape index (κ1) is 16.4. The van der Waals surface area contributed by atoms with Gasteiger partial charge in [0.2, 0.25) is 0 Å². The fourth-order valence-corrected chi connectivity index (χ4v) is 2.84. The molecule has 0 aromatic heterocycles. The Kier molecular flexibility index (Phi) is 4.76. The van der Waals surface area contributed by atoms with E-state index < -0.39 is 0 Å². The second kappa shape index (κ2) is 6.97. The summed E-state index contributed by atoms with van der Waals surface area (Å²) in [4.78, 5) is 14.1. The highest BCUT2D eigenvalue weighted by Crippen LogP contribution is 2.25. The highest BCUT2D eigenvalue weighted by molar-refractivity contribution is 6.31. The van der Waals surface area contributed by atoms with Crippen molar-refractivity contribution < 1.29 is 9.90 Å². The Morgan fingerprint density at radius 3 is 2.58 bits per heavy atom. The number of aryl methyl sites for hydroxylation is 1. The largest absolute Gasteiger partial charge is 0.508 e. The molecular weight excluding hydrogens is 324 g/mol. The number of carbonyl (C=O) groups is 1. The quantitative estimate of drug-likeness (QED) is 0.832. The molecule has 5 heteroatoms. The van der Waals surface area contributed by atoms with Crippen molar-refractivity contribution in [2.24, 2.45) is 0 Å². The molecule has 0 saturated carbocycles.